The summed E-state index contributed by atoms with van der Waals surface area (Å²) in [6, 6.07) is 9.67. The molecule has 0 saturated carbocycles. The summed E-state index contributed by atoms with van der Waals surface area (Å²) in [4.78, 5) is 30.8. The average molecular weight is 392 g/mol. The number of nitrogens with two attached hydrogens (primary N) is 1. The van der Waals surface area contributed by atoms with Crippen molar-refractivity contribution in [1.29, 1.82) is 0 Å². The minimum atomic E-state index is -0.977. The van der Waals surface area contributed by atoms with E-state index in [2.05, 4.69) is 0 Å². The van der Waals surface area contributed by atoms with Crippen LogP contribution in [0.5, 0.6) is 0 Å². The van der Waals surface area contributed by atoms with Crippen molar-refractivity contribution < 1.29 is 24.3 Å². The number of hydroxylamine groups is 2. The summed E-state index contributed by atoms with van der Waals surface area (Å²) in [7, 11) is 0. The number of carboxylic acid groups (broad SMARTS) is 1. The minimum absolute atomic E-state index is 0.0405. The molecule has 1 saturated heterocycles. The van der Waals surface area contributed by atoms with Crippen LogP contribution in [0.15, 0.2) is 30.3 Å². The largest absolute Gasteiger partial charge is 0.481 e. The Labute approximate surface area is 166 Å². The number of ether oxygens (including phenoxy) is 1. The monoisotopic (exact) mass is 392 g/mol. The number of carbonyl (C=O) groups excluding carboxylic acids is 1. The van der Waals surface area contributed by atoms with Crippen molar-refractivity contribution >= 4 is 11.9 Å². The van der Waals surface area contributed by atoms with E-state index in [1.165, 1.54) is 0 Å². The molecule has 156 valence electrons. The van der Waals surface area contributed by atoms with Crippen LogP contribution in [0.3, 0.4) is 0 Å². The number of hydrogen-bond acceptors (Lipinski definition) is 6. The highest BCUT2D eigenvalue weighted by Crippen LogP contribution is 2.33. The molecule has 0 aromatic heterocycles. The fourth-order valence-electron chi connectivity index (χ4n) is 3.34. The molecule has 0 amide bonds. The third-order valence-corrected chi connectivity index (χ3v) is 4.75. The van der Waals surface area contributed by atoms with Gasteiger partial charge in [0.2, 0.25) is 0 Å². The number of carboxylic acids is 1. The molecule has 1 heterocycles. The minimum Gasteiger partial charge on any atom is -0.481 e. The molecule has 0 bridgehead atoms. The number of nitrogens with zero attached hydrogens (tertiary/aromatic N) is 1. The Morgan fingerprint density at radius 2 is 1.96 bits per heavy atom. The van der Waals surface area contributed by atoms with E-state index in [4.69, 9.17) is 15.3 Å². The van der Waals surface area contributed by atoms with Gasteiger partial charge in [0.15, 0.2) is 0 Å². The summed E-state index contributed by atoms with van der Waals surface area (Å²) in [6.45, 7) is 8.38. The first-order valence-corrected chi connectivity index (χ1v) is 9.72. The maximum atomic E-state index is 12.9. The molecule has 1 aromatic rings. The highest BCUT2D eigenvalue weighted by molar-refractivity contribution is 5.77. The molecule has 28 heavy (non-hydrogen) atoms. The van der Waals surface area contributed by atoms with E-state index in [1.54, 1.807) is 25.8 Å². The van der Waals surface area contributed by atoms with Crippen molar-refractivity contribution in [2.24, 2.45) is 23.5 Å². The molecular formula is C21H32N2O5. The van der Waals surface area contributed by atoms with Crippen LogP contribution in [0.1, 0.15) is 39.7 Å². The predicted molar refractivity (Wildman–Crippen MR) is 105 cm³/mol. The van der Waals surface area contributed by atoms with E-state index in [0.717, 1.165) is 5.56 Å². The van der Waals surface area contributed by atoms with E-state index >= 15 is 0 Å². The zero-order chi connectivity index (χ0) is 20.9. The molecule has 1 aliphatic heterocycles. The van der Waals surface area contributed by atoms with Gasteiger partial charge in [0.25, 0.3) is 0 Å². The average Bonchev–Trinajstić information content (AvgIpc) is 3.02. The first kappa shape index (κ1) is 22.3. The van der Waals surface area contributed by atoms with E-state index in [9.17, 15) is 14.7 Å². The highest BCUT2D eigenvalue weighted by Gasteiger charge is 2.47. The molecule has 1 aliphatic rings. The lowest BCUT2D eigenvalue weighted by Crippen LogP contribution is -2.41. The number of rotatable bonds is 8. The predicted octanol–water partition coefficient (Wildman–Crippen LogP) is 2.45. The van der Waals surface area contributed by atoms with Crippen LogP contribution in [0.25, 0.3) is 0 Å². The van der Waals surface area contributed by atoms with Gasteiger partial charge in [-0.2, -0.15) is 5.06 Å². The van der Waals surface area contributed by atoms with Crippen molar-refractivity contribution in [3.63, 3.8) is 0 Å². The quantitative estimate of drug-likeness (QED) is 0.655. The fourth-order valence-corrected chi connectivity index (χ4v) is 3.34. The Balaban J connectivity index is 2.22. The van der Waals surface area contributed by atoms with Crippen molar-refractivity contribution in [2.45, 2.75) is 52.4 Å². The third-order valence-electron chi connectivity index (χ3n) is 4.75. The molecule has 1 fully saturated rings. The van der Waals surface area contributed by atoms with E-state index < -0.39 is 35.5 Å². The molecule has 7 nitrogen and oxygen atoms in total. The second-order valence-corrected chi connectivity index (χ2v) is 8.54. The van der Waals surface area contributed by atoms with Crippen molar-refractivity contribution in [3.05, 3.63) is 35.9 Å². The SMILES string of the molecule is C[C@H](CN)CC(C(=O)OC(C)(C)C)C1ON(Cc2ccccc2)CC1C(=O)O. The van der Waals surface area contributed by atoms with E-state index in [0.29, 0.717) is 19.5 Å². The molecule has 3 unspecified atom stereocenters. The van der Waals surface area contributed by atoms with Crippen LogP contribution in [0, 0.1) is 17.8 Å². The van der Waals surface area contributed by atoms with Crippen molar-refractivity contribution in [2.75, 3.05) is 13.1 Å². The summed E-state index contributed by atoms with van der Waals surface area (Å²) in [5.74, 6) is -2.88. The second kappa shape index (κ2) is 9.49. The second-order valence-electron chi connectivity index (χ2n) is 8.54. The summed E-state index contributed by atoms with van der Waals surface area (Å²) in [5.41, 5.74) is 6.10. The van der Waals surface area contributed by atoms with Gasteiger partial charge in [-0.1, -0.05) is 37.3 Å². The lowest BCUT2D eigenvalue weighted by atomic mass is 9.85. The number of carbonyl (C=O) groups is 2. The van der Waals surface area contributed by atoms with E-state index in [1.807, 2.05) is 37.3 Å². The summed E-state index contributed by atoms with van der Waals surface area (Å²) in [5, 5.41) is 11.4. The number of esters is 1. The Morgan fingerprint density at radius 3 is 2.50 bits per heavy atom. The molecule has 0 spiro atoms. The maximum absolute atomic E-state index is 12.9. The zero-order valence-corrected chi connectivity index (χ0v) is 17.1. The summed E-state index contributed by atoms with van der Waals surface area (Å²) < 4.78 is 5.57. The highest BCUT2D eigenvalue weighted by atomic mass is 16.7. The first-order chi connectivity index (χ1) is 13.1. The van der Waals surface area contributed by atoms with Crippen LogP contribution in [-0.4, -0.2) is 46.9 Å². The standard InChI is InChI=1S/C21H32N2O5/c1-14(11-22)10-16(20(26)27-21(2,3)4)18-17(19(24)25)13-23(28-18)12-15-8-6-5-7-9-15/h5-9,14,16-18H,10-13,22H2,1-4H3,(H,24,25)/t14-,16?,17?,18?/m0/s1. The fraction of sp³-hybridized carbons (Fsp3) is 0.619. The number of hydrogen-bond donors (Lipinski definition) is 2. The van der Waals surface area contributed by atoms with Crippen LogP contribution < -0.4 is 5.73 Å². The zero-order valence-electron chi connectivity index (χ0n) is 17.1. The van der Waals surface area contributed by atoms with Crippen LogP contribution in [-0.2, 0) is 25.7 Å². The van der Waals surface area contributed by atoms with Crippen LogP contribution in [0.2, 0.25) is 0 Å². The molecule has 3 N–H and O–H groups in total. The van der Waals surface area contributed by atoms with E-state index in [-0.39, 0.29) is 12.5 Å². The maximum Gasteiger partial charge on any atom is 0.312 e. The summed E-state index contributed by atoms with van der Waals surface area (Å²) >= 11 is 0. The number of benzene rings is 1. The van der Waals surface area contributed by atoms with Gasteiger partial charge < -0.3 is 15.6 Å². The smallest absolute Gasteiger partial charge is 0.312 e. The molecule has 0 radical (unpaired) electrons. The molecule has 7 heteroatoms. The van der Waals surface area contributed by atoms with Crippen molar-refractivity contribution in [3.8, 4) is 0 Å². The number of aliphatic carboxylic acids is 1. The first-order valence-electron chi connectivity index (χ1n) is 9.72. The van der Waals surface area contributed by atoms with Gasteiger partial charge in [-0.25, -0.2) is 0 Å². The molecule has 4 atom stereocenters. The lowest BCUT2D eigenvalue weighted by Gasteiger charge is -2.29. The van der Waals surface area contributed by atoms with Gasteiger partial charge in [-0.15, -0.1) is 0 Å². The Bertz CT molecular complexity index is 659. The normalized spacial score (nSPS) is 22.6. The molecular weight excluding hydrogens is 360 g/mol. The third kappa shape index (κ3) is 6.29. The van der Waals surface area contributed by atoms with Crippen LogP contribution in [0.4, 0.5) is 0 Å². The van der Waals surface area contributed by atoms with Gasteiger partial charge in [0.05, 0.1) is 5.92 Å². The summed E-state index contributed by atoms with van der Waals surface area (Å²) in [6.07, 6.45) is -0.371. The Hall–Kier alpha value is -1.96. The van der Waals surface area contributed by atoms with Gasteiger partial charge >= 0.3 is 11.9 Å². The molecule has 1 aromatic carbocycles. The molecule has 0 aliphatic carbocycles. The van der Waals surface area contributed by atoms with Crippen molar-refractivity contribution in [1.82, 2.24) is 5.06 Å². The molecule has 2 rings (SSSR count). The topological polar surface area (TPSA) is 102 Å². The van der Waals surface area contributed by atoms with Gasteiger partial charge in [0.1, 0.15) is 17.6 Å². The van der Waals surface area contributed by atoms with Gasteiger partial charge in [-0.3, -0.25) is 14.4 Å². The van der Waals surface area contributed by atoms with Crippen LogP contribution >= 0.6 is 0 Å². The lowest BCUT2D eigenvalue weighted by molar-refractivity contribution is -0.191. The van der Waals surface area contributed by atoms with Gasteiger partial charge in [0, 0.05) is 13.1 Å². The van der Waals surface area contributed by atoms with Gasteiger partial charge in [-0.05, 0) is 45.2 Å². The Morgan fingerprint density at radius 1 is 1.32 bits per heavy atom. The Kier molecular flexibility index (Phi) is 7.57.